The fourth-order valence-corrected chi connectivity index (χ4v) is 1.88. The van der Waals surface area contributed by atoms with Crippen LogP contribution in [-0.4, -0.2) is 6.17 Å². The number of rotatable bonds is 12. The third kappa shape index (κ3) is 15.5. The minimum atomic E-state index is 0.0642. The topological polar surface area (TPSA) is 38.0 Å². The maximum absolute atomic E-state index is 5.56. The fraction of sp³-hybridized carbons (Fsp3) is 0.867. The van der Waals surface area contributed by atoms with Gasteiger partial charge < -0.3 is 11.1 Å². The summed E-state index contributed by atoms with van der Waals surface area (Å²) in [5, 5.41) is 3.07. The van der Waals surface area contributed by atoms with Crippen molar-refractivity contribution in [1.82, 2.24) is 5.32 Å². The lowest BCUT2D eigenvalue weighted by molar-refractivity contribution is 0.566. The summed E-state index contributed by atoms with van der Waals surface area (Å²) in [5.74, 6) is 0. The normalized spacial score (nSPS) is 13.1. The first kappa shape index (κ1) is 16.5. The maximum Gasteiger partial charge on any atom is 0.0709 e. The molecule has 0 aromatic carbocycles. The molecule has 1 unspecified atom stereocenters. The Kier molecular flexibility index (Phi) is 13.2. The van der Waals surface area contributed by atoms with Gasteiger partial charge in [-0.2, -0.15) is 0 Å². The molecule has 2 nitrogen and oxygen atoms in total. The Hall–Kier alpha value is -0.500. The lowest BCUT2D eigenvalue weighted by atomic mass is 10.1. The van der Waals surface area contributed by atoms with Gasteiger partial charge in [0.15, 0.2) is 0 Å². The predicted molar refractivity (Wildman–Crippen MR) is 77.8 cm³/mol. The number of unbranched alkanes of at least 4 members (excludes halogenated alkanes) is 9. The molecule has 0 bridgehead atoms. The smallest absolute Gasteiger partial charge is 0.0709 e. The molecule has 0 amide bonds. The molecule has 0 rings (SSSR count). The largest absolute Gasteiger partial charge is 0.376 e. The monoisotopic (exact) mass is 240 g/mol. The van der Waals surface area contributed by atoms with Gasteiger partial charge >= 0.3 is 0 Å². The van der Waals surface area contributed by atoms with Gasteiger partial charge in [0.2, 0.25) is 0 Å². The first-order chi connectivity index (χ1) is 8.27. The van der Waals surface area contributed by atoms with E-state index in [-0.39, 0.29) is 6.17 Å². The SMILES string of the molecule is CCCCCCCCCCCC=CNC(C)N. The predicted octanol–water partition coefficient (Wildman–Crippen LogP) is 4.32. The van der Waals surface area contributed by atoms with Gasteiger partial charge in [-0.1, -0.05) is 64.4 Å². The summed E-state index contributed by atoms with van der Waals surface area (Å²) in [6, 6.07) is 0. The van der Waals surface area contributed by atoms with Gasteiger partial charge in [-0.15, -0.1) is 0 Å². The molecule has 3 N–H and O–H groups in total. The minimum absolute atomic E-state index is 0.0642. The van der Waals surface area contributed by atoms with Gasteiger partial charge in [0.1, 0.15) is 0 Å². The molecule has 102 valence electrons. The standard InChI is InChI=1S/C15H32N2/c1-3-4-5-6-7-8-9-10-11-12-13-14-17-15(2)16/h13-15,17H,3-12,16H2,1-2H3. The van der Waals surface area contributed by atoms with E-state index in [4.69, 9.17) is 5.73 Å². The molecule has 0 radical (unpaired) electrons. The number of hydrogen-bond donors (Lipinski definition) is 2. The van der Waals surface area contributed by atoms with E-state index >= 15 is 0 Å². The van der Waals surface area contributed by atoms with Crippen molar-refractivity contribution in [2.75, 3.05) is 0 Å². The summed E-state index contributed by atoms with van der Waals surface area (Å²) in [6.07, 6.45) is 18.0. The molecule has 0 aliphatic rings. The summed E-state index contributed by atoms with van der Waals surface area (Å²) in [5.41, 5.74) is 5.56. The van der Waals surface area contributed by atoms with Crippen molar-refractivity contribution < 1.29 is 0 Å². The van der Waals surface area contributed by atoms with E-state index in [0.29, 0.717) is 0 Å². The highest BCUT2D eigenvalue weighted by molar-refractivity contribution is 4.80. The van der Waals surface area contributed by atoms with Crippen LogP contribution in [0.5, 0.6) is 0 Å². The van der Waals surface area contributed by atoms with Crippen molar-refractivity contribution >= 4 is 0 Å². The summed E-state index contributed by atoms with van der Waals surface area (Å²) < 4.78 is 0. The van der Waals surface area contributed by atoms with E-state index in [1.54, 1.807) is 0 Å². The van der Waals surface area contributed by atoms with Crippen LogP contribution in [0.15, 0.2) is 12.3 Å². The lowest BCUT2D eigenvalue weighted by Crippen LogP contribution is -2.29. The molecular weight excluding hydrogens is 208 g/mol. The lowest BCUT2D eigenvalue weighted by Gasteiger charge is -2.03. The Morgan fingerprint density at radius 1 is 0.941 bits per heavy atom. The van der Waals surface area contributed by atoms with Crippen molar-refractivity contribution in [2.24, 2.45) is 5.73 Å². The zero-order valence-corrected chi connectivity index (χ0v) is 11.9. The number of allylic oxidation sites excluding steroid dienone is 1. The van der Waals surface area contributed by atoms with Crippen LogP contribution in [0.4, 0.5) is 0 Å². The Balaban J connectivity index is 3.01. The van der Waals surface area contributed by atoms with Gasteiger partial charge in [-0.25, -0.2) is 0 Å². The van der Waals surface area contributed by atoms with Crippen LogP contribution >= 0.6 is 0 Å². The molecule has 0 aromatic rings. The second-order valence-corrected chi connectivity index (χ2v) is 4.97. The van der Waals surface area contributed by atoms with E-state index in [2.05, 4.69) is 18.3 Å². The maximum atomic E-state index is 5.56. The van der Waals surface area contributed by atoms with Crippen molar-refractivity contribution in [2.45, 2.75) is 84.2 Å². The van der Waals surface area contributed by atoms with Crippen LogP contribution < -0.4 is 11.1 Å². The van der Waals surface area contributed by atoms with Crippen LogP contribution in [0.1, 0.15) is 78.1 Å². The van der Waals surface area contributed by atoms with E-state index in [9.17, 15) is 0 Å². The van der Waals surface area contributed by atoms with Gasteiger partial charge in [-0.3, -0.25) is 0 Å². The molecule has 0 aliphatic heterocycles. The van der Waals surface area contributed by atoms with Gasteiger partial charge in [0, 0.05) is 0 Å². The Bertz CT molecular complexity index is 164. The second kappa shape index (κ2) is 13.6. The molecule has 2 heteroatoms. The van der Waals surface area contributed by atoms with Crippen molar-refractivity contribution in [3.8, 4) is 0 Å². The van der Waals surface area contributed by atoms with Gasteiger partial charge in [0.05, 0.1) is 6.17 Å². The number of nitrogens with one attached hydrogen (secondary N) is 1. The molecule has 0 fully saturated rings. The van der Waals surface area contributed by atoms with Crippen molar-refractivity contribution in [1.29, 1.82) is 0 Å². The van der Waals surface area contributed by atoms with Gasteiger partial charge in [-0.05, 0) is 26.0 Å². The van der Waals surface area contributed by atoms with Crippen LogP contribution in [0.2, 0.25) is 0 Å². The molecule has 0 heterocycles. The molecule has 1 atom stereocenters. The molecule has 0 saturated carbocycles. The quantitative estimate of drug-likeness (QED) is 0.394. The van der Waals surface area contributed by atoms with E-state index in [0.717, 1.165) is 0 Å². The van der Waals surface area contributed by atoms with E-state index in [1.165, 1.54) is 64.2 Å². The third-order valence-corrected chi connectivity index (χ3v) is 2.95. The Morgan fingerprint density at radius 3 is 2.00 bits per heavy atom. The fourth-order valence-electron chi connectivity index (χ4n) is 1.88. The average molecular weight is 240 g/mol. The molecular formula is C15H32N2. The van der Waals surface area contributed by atoms with Gasteiger partial charge in [0.25, 0.3) is 0 Å². The number of nitrogens with two attached hydrogens (primary N) is 1. The number of hydrogen-bond acceptors (Lipinski definition) is 2. The third-order valence-electron chi connectivity index (χ3n) is 2.95. The van der Waals surface area contributed by atoms with Crippen molar-refractivity contribution in [3.63, 3.8) is 0 Å². The summed E-state index contributed by atoms with van der Waals surface area (Å²) in [4.78, 5) is 0. The Morgan fingerprint density at radius 2 is 1.47 bits per heavy atom. The van der Waals surface area contributed by atoms with Crippen LogP contribution in [-0.2, 0) is 0 Å². The highest BCUT2D eigenvalue weighted by atomic mass is 15.0. The molecule has 0 aliphatic carbocycles. The first-order valence-electron chi connectivity index (χ1n) is 7.44. The van der Waals surface area contributed by atoms with E-state index in [1.807, 2.05) is 13.1 Å². The second-order valence-electron chi connectivity index (χ2n) is 4.97. The molecule has 17 heavy (non-hydrogen) atoms. The summed E-state index contributed by atoms with van der Waals surface area (Å²) in [6.45, 7) is 4.22. The van der Waals surface area contributed by atoms with Crippen LogP contribution in [0, 0.1) is 0 Å². The highest BCUT2D eigenvalue weighted by Gasteiger charge is 1.91. The van der Waals surface area contributed by atoms with Crippen LogP contribution in [0.25, 0.3) is 0 Å². The first-order valence-corrected chi connectivity index (χ1v) is 7.44. The highest BCUT2D eigenvalue weighted by Crippen LogP contribution is 2.10. The molecule has 0 spiro atoms. The molecule has 0 saturated heterocycles. The summed E-state index contributed by atoms with van der Waals surface area (Å²) >= 11 is 0. The Labute approximate surface area is 108 Å². The minimum Gasteiger partial charge on any atom is -0.376 e. The summed E-state index contributed by atoms with van der Waals surface area (Å²) in [7, 11) is 0. The van der Waals surface area contributed by atoms with E-state index < -0.39 is 0 Å². The van der Waals surface area contributed by atoms with Crippen molar-refractivity contribution in [3.05, 3.63) is 12.3 Å². The average Bonchev–Trinajstić information content (AvgIpc) is 2.30. The zero-order chi connectivity index (χ0) is 12.8. The zero-order valence-electron chi connectivity index (χ0n) is 11.9. The molecule has 0 aromatic heterocycles. The van der Waals surface area contributed by atoms with Crippen LogP contribution in [0.3, 0.4) is 0 Å².